The van der Waals surface area contributed by atoms with Crippen LogP contribution in [-0.4, -0.2) is 22.7 Å². The third-order valence-corrected chi connectivity index (χ3v) is 4.99. The fraction of sp³-hybridized carbons (Fsp3) is 0.600. The summed E-state index contributed by atoms with van der Waals surface area (Å²) in [5.74, 6) is -0.0755. The first-order valence-corrected chi connectivity index (χ1v) is 8.78. The Morgan fingerprint density at radius 3 is 2.86 bits per heavy atom. The molecule has 0 aromatic carbocycles. The van der Waals surface area contributed by atoms with E-state index in [4.69, 9.17) is 11.6 Å². The highest BCUT2D eigenvalue weighted by molar-refractivity contribution is 7.99. The van der Waals surface area contributed by atoms with Gasteiger partial charge >= 0.3 is 0 Å². The smallest absolute Gasteiger partial charge is 0.254 e. The van der Waals surface area contributed by atoms with Gasteiger partial charge in [0.05, 0.1) is 5.56 Å². The zero-order chi connectivity index (χ0) is 15.2. The first-order chi connectivity index (χ1) is 10.1. The predicted molar refractivity (Wildman–Crippen MR) is 84.6 cm³/mol. The summed E-state index contributed by atoms with van der Waals surface area (Å²) in [6.45, 7) is 2.04. The number of pyridine rings is 1. The van der Waals surface area contributed by atoms with Crippen LogP contribution in [0.15, 0.2) is 11.1 Å². The molecule has 1 fully saturated rings. The lowest BCUT2D eigenvalue weighted by atomic mass is 9.95. The van der Waals surface area contributed by atoms with Crippen LogP contribution < -0.4 is 5.32 Å². The van der Waals surface area contributed by atoms with Gasteiger partial charge < -0.3 is 5.32 Å². The SMILES string of the molecule is CCCSc1nc(Cl)c(F)cc1C(=O)NC1CCCCC1. The topological polar surface area (TPSA) is 42.0 Å². The van der Waals surface area contributed by atoms with Gasteiger partial charge in [-0.05, 0) is 31.1 Å². The van der Waals surface area contributed by atoms with Gasteiger partial charge in [0.25, 0.3) is 5.91 Å². The second-order valence-corrected chi connectivity index (χ2v) is 6.71. The van der Waals surface area contributed by atoms with Gasteiger partial charge in [-0.2, -0.15) is 0 Å². The third-order valence-electron chi connectivity index (χ3n) is 3.53. The van der Waals surface area contributed by atoms with E-state index in [0.29, 0.717) is 10.6 Å². The van der Waals surface area contributed by atoms with E-state index in [1.807, 2.05) is 6.92 Å². The Balaban J connectivity index is 2.15. The maximum Gasteiger partial charge on any atom is 0.254 e. The maximum atomic E-state index is 13.6. The van der Waals surface area contributed by atoms with E-state index in [-0.39, 0.29) is 17.1 Å². The van der Waals surface area contributed by atoms with Gasteiger partial charge in [0.1, 0.15) is 5.03 Å². The minimum atomic E-state index is -0.647. The van der Waals surface area contributed by atoms with Crippen LogP contribution in [0.4, 0.5) is 4.39 Å². The molecule has 3 nitrogen and oxygen atoms in total. The molecule has 0 bridgehead atoms. The fourth-order valence-electron chi connectivity index (χ4n) is 2.43. The Morgan fingerprint density at radius 2 is 2.19 bits per heavy atom. The van der Waals surface area contributed by atoms with Crippen LogP contribution in [0.25, 0.3) is 0 Å². The van der Waals surface area contributed by atoms with E-state index in [0.717, 1.165) is 37.9 Å². The highest BCUT2D eigenvalue weighted by Gasteiger charge is 2.21. The molecule has 1 aliphatic rings. The number of hydrogen-bond acceptors (Lipinski definition) is 3. The molecule has 0 aliphatic heterocycles. The van der Waals surface area contributed by atoms with Crippen molar-refractivity contribution in [1.29, 1.82) is 0 Å². The van der Waals surface area contributed by atoms with Crippen LogP contribution in [0.5, 0.6) is 0 Å². The molecular formula is C15H20ClFN2OS. The summed E-state index contributed by atoms with van der Waals surface area (Å²) in [5, 5.41) is 3.33. The van der Waals surface area contributed by atoms with Crippen LogP contribution in [0.1, 0.15) is 55.8 Å². The van der Waals surface area contributed by atoms with E-state index in [2.05, 4.69) is 10.3 Å². The molecule has 6 heteroatoms. The molecule has 0 saturated heterocycles. The van der Waals surface area contributed by atoms with Gasteiger partial charge in [-0.15, -0.1) is 11.8 Å². The molecule has 1 amide bonds. The van der Waals surface area contributed by atoms with Crippen molar-refractivity contribution in [3.05, 3.63) is 22.6 Å². The number of thioether (sulfide) groups is 1. The van der Waals surface area contributed by atoms with Crippen molar-refractivity contribution in [1.82, 2.24) is 10.3 Å². The van der Waals surface area contributed by atoms with Crippen LogP contribution in [0.3, 0.4) is 0 Å². The third kappa shape index (κ3) is 4.58. The molecule has 1 saturated carbocycles. The Hall–Kier alpha value is -0.810. The summed E-state index contributed by atoms with van der Waals surface area (Å²) in [5.41, 5.74) is 0.293. The normalized spacial score (nSPS) is 16.0. The van der Waals surface area contributed by atoms with Crippen LogP contribution in [0.2, 0.25) is 5.15 Å². The molecule has 2 rings (SSSR count). The highest BCUT2D eigenvalue weighted by Crippen LogP contribution is 2.26. The van der Waals surface area contributed by atoms with Crippen molar-refractivity contribution in [2.75, 3.05) is 5.75 Å². The Kier molecular flexibility index (Phi) is 6.30. The van der Waals surface area contributed by atoms with Crippen molar-refractivity contribution in [3.63, 3.8) is 0 Å². The maximum absolute atomic E-state index is 13.6. The lowest BCUT2D eigenvalue weighted by Gasteiger charge is -2.23. The average molecular weight is 331 g/mol. The van der Waals surface area contributed by atoms with E-state index >= 15 is 0 Å². The molecule has 1 aromatic rings. The number of nitrogens with one attached hydrogen (secondary N) is 1. The van der Waals surface area contributed by atoms with Crippen molar-refractivity contribution in [3.8, 4) is 0 Å². The first-order valence-electron chi connectivity index (χ1n) is 7.41. The lowest BCUT2D eigenvalue weighted by Crippen LogP contribution is -2.36. The molecule has 0 atom stereocenters. The molecule has 0 unspecified atom stereocenters. The molecule has 1 aliphatic carbocycles. The van der Waals surface area contributed by atoms with Crippen molar-refractivity contribution in [2.24, 2.45) is 0 Å². The summed E-state index contributed by atoms with van der Waals surface area (Å²) in [4.78, 5) is 16.4. The number of amides is 1. The van der Waals surface area contributed by atoms with Crippen molar-refractivity contribution < 1.29 is 9.18 Å². The zero-order valence-corrected chi connectivity index (χ0v) is 13.7. The Morgan fingerprint density at radius 1 is 1.48 bits per heavy atom. The lowest BCUT2D eigenvalue weighted by molar-refractivity contribution is 0.0923. The van der Waals surface area contributed by atoms with E-state index in [1.165, 1.54) is 24.2 Å². The number of carbonyl (C=O) groups is 1. The number of nitrogens with zero attached hydrogens (tertiary/aromatic N) is 1. The van der Waals surface area contributed by atoms with Gasteiger partial charge in [-0.1, -0.05) is 37.8 Å². The quantitative estimate of drug-likeness (QED) is 0.641. The predicted octanol–water partition coefficient (Wildman–Crippen LogP) is 4.44. The van der Waals surface area contributed by atoms with Gasteiger partial charge in [-0.25, -0.2) is 9.37 Å². The second kappa shape index (κ2) is 7.99. The van der Waals surface area contributed by atoms with Crippen molar-refractivity contribution in [2.45, 2.75) is 56.5 Å². The number of carbonyl (C=O) groups excluding carboxylic acids is 1. The Labute approximate surface area is 134 Å². The van der Waals surface area contributed by atoms with Gasteiger partial charge in [-0.3, -0.25) is 4.79 Å². The molecule has 116 valence electrons. The first kappa shape index (κ1) is 16.6. The zero-order valence-electron chi connectivity index (χ0n) is 12.1. The molecule has 1 N–H and O–H groups in total. The van der Waals surface area contributed by atoms with Crippen molar-refractivity contribution >= 4 is 29.3 Å². The second-order valence-electron chi connectivity index (χ2n) is 5.27. The minimum absolute atomic E-state index is 0.178. The number of rotatable bonds is 5. The van der Waals surface area contributed by atoms with Crippen LogP contribution in [0, 0.1) is 5.82 Å². The largest absolute Gasteiger partial charge is 0.349 e. The van der Waals surface area contributed by atoms with Crippen LogP contribution in [-0.2, 0) is 0 Å². The van der Waals surface area contributed by atoms with E-state index in [1.54, 1.807) is 0 Å². The summed E-state index contributed by atoms with van der Waals surface area (Å²) in [6, 6.07) is 1.39. The average Bonchev–Trinajstić information content (AvgIpc) is 2.49. The van der Waals surface area contributed by atoms with E-state index < -0.39 is 5.82 Å². The molecular weight excluding hydrogens is 311 g/mol. The van der Waals surface area contributed by atoms with Gasteiger partial charge in [0.2, 0.25) is 0 Å². The monoisotopic (exact) mass is 330 g/mol. The summed E-state index contributed by atoms with van der Waals surface area (Å²) in [7, 11) is 0. The van der Waals surface area contributed by atoms with E-state index in [9.17, 15) is 9.18 Å². The number of halogens is 2. The molecule has 1 heterocycles. The summed E-state index contributed by atoms with van der Waals surface area (Å²) >= 11 is 7.17. The molecule has 21 heavy (non-hydrogen) atoms. The summed E-state index contributed by atoms with van der Waals surface area (Å²) < 4.78 is 13.6. The number of hydrogen-bond donors (Lipinski definition) is 1. The summed E-state index contributed by atoms with van der Waals surface area (Å²) in [6.07, 6.45) is 6.43. The Bertz CT molecular complexity index is 507. The molecule has 0 spiro atoms. The number of aromatic nitrogens is 1. The standard InChI is InChI=1S/C15H20ClFN2OS/c1-2-8-21-15-11(9-12(17)13(16)19-15)14(20)18-10-6-4-3-5-7-10/h9-10H,2-8H2,1H3,(H,18,20). The van der Waals surface area contributed by atoms with Gasteiger partial charge in [0.15, 0.2) is 11.0 Å². The minimum Gasteiger partial charge on any atom is -0.349 e. The highest BCUT2D eigenvalue weighted by atomic mass is 35.5. The molecule has 0 radical (unpaired) electrons. The van der Waals surface area contributed by atoms with Gasteiger partial charge in [0, 0.05) is 6.04 Å². The fourth-order valence-corrected chi connectivity index (χ4v) is 3.48. The van der Waals surface area contributed by atoms with Crippen LogP contribution >= 0.6 is 23.4 Å². The molecule has 1 aromatic heterocycles.